The van der Waals surface area contributed by atoms with E-state index in [1.54, 1.807) is 17.5 Å². The standard InChI is InChI=1S/C17H17N3O3S2/c1-10-6-11(2)17(12(3)7-10)20-25(22,23)16-8-13(9-24-16)14-4-5-15(21)19-18-14/h4-9,20H,1-3H3,(H,19,21). The molecule has 0 amide bonds. The van der Waals surface area contributed by atoms with Crippen molar-refractivity contribution >= 4 is 27.0 Å². The van der Waals surface area contributed by atoms with Crippen LogP contribution in [0.3, 0.4) is 0 Å². The molecule has 0 saturated carbocycles. The van der Waals surface area contributed by atoms with Gasteiger partial charge < -0.3 is 0 Å². The van der Waals surface area contributed by atoms with E-state index in [1.165, 1.54) is 6.07 Å². The first kappa shape index (κ1) is 17.4. The van der Waals surface area contributed by atoms with Gasteiger partial charge in [0, 0.05) is 17.0 Å². The summed E-state index contributed by atoms with van der Waals surface area (Å²) in [5, 5.41) is 7.96. The van der Waals surface area contributed by atoms with Crippen LogP contribution in [-0.4, -0.2) is 18.6 Å². The Hall–Kier alpha value is -2.45. The molecule has 2 N–H and O–H groups in total. The highest BCUT2D eigenvalue weighted by Crippen LogP contribution is 2.30. The van der Waals surface area contributed by atoms with Crippen LogP contribution >= 0.6 is 11.3 Å². The van der Waals surface area contributed by atoms with Crippen LogP contribution < -0.4 is 10.3 Å². The summed E-state index contributed by atoms with van der Waals surface area (Å²) in [6, 6.07) is 8.33. The van der Waals surface area contributed by atoms with Gasteiger partial charge in [-0.25, -0.2) is 13.5 Å². The van der Waals surface area contributed by atoms with Gasteiger partial charge in [0.15, 0.2) is 0 Å². The second kappa shape index (κ2) is 6.45. The fourth-order valence-electron chi connectivity index (χ4n) is 2.62. The summed E-state index contributed by atoms with van der Waals surface area (Å²) in [5.41, 5.74) is 4.28. The SMILES string of the molecule is Cc1cc(C)c(NS(=O)(=O)c2cc(-c3ccc(=O)[nH]n3)cs2)c(C)c1. The highest BCUT2D eigenvalue weighted by molar-refractivity contribution is 7.94. The van der Waals surface area contributed by atoms with Crippen LogP contribution in [0.25, 0.3) is 11.3 Å². The molecule has 0 atom stereocenters. The van der Waals surface area contributed by atoms with E-state index in [9.17, 15) is 13.2 Å². The van der Waals surface area contributed by atoms with Crippen molar-refractivity contribution in [3.8, 4) is 11.3 Å². The van der Waals surface area contributed by atoms with Crippen LogP contribution in [0.4, 0.5) is 5.69 Å². The molecule has 3 aromatic rings. The molecule has 0 fully saturated rings. The third-order valence-electron chi connectivity index (χ3n) is 3.73. The number of nitrogens with one attached hydrogen (secondary N) is 2. The van der Waals surface area contributed by atoms with Crippen molar-refractivity contribution in [2.45, 2.75) is 25.0 Å². The fraction of sp³-hybridized carbons (Fsp3) is 0.176. The van der Waals surface area contributed by atoms with Crippen molar-refractivity contribution < 1.29 is 8.42 Å². The van der Waals surface area contributed by atoms with E-state index in [0.717, 1.165) is 28.0 Å². The maximum absolute atomic E-state index is 12.7. The monoisotopic (exact) mass is 375 g/mol. The number of H-pyrrole nitrogens is 1. The molecule has 6 nitrogen and oxygen atoms in total. The number of anilines is 1. The van der Waals surface area contributed by atoms with Crippen molar-refractivity contribution in [3.63, 3.8) is 0 Å². The smallest absolute Gasteiger partial charge is 0.271 e. The van der Waals surface area contributed by atoms with Gasteiger partial charge in [-0.3, -0.25) is 9.52 Å². The zero-order valence-corrected chi connectivity index (χ0v) is 15.6. The number of hydrogen-bond acceptors (Lipinski definition) is 5. The Morgan fingerprint density at radius 3 is 2.36 bits per heavy atom. The molecule has 130 valence electrons. The van der Waals surface area contributed by atoms with E-state index in [1.807, 2.05) is 32.9 Å². The minimum absolute atomic E-state index is 0.190. The van der Waals surface area contributed by atoms with Crippen LogP contribution in [0.1, 0.15) is 16.7 Å². The molecular weight excluding hydrogens is 358 g/mol. The van der Waals surface area contributed by atoms with Crippen molar-refractivity contribution in [1.82, 2.24) is 10.2 Å². The lowest BCUT2D eigenvalue weighted by Gasteiger charge is -2.13. The molecule has 0 aliphatic heterocycles. The number of rotatable bonds is 4. The van der Waals surface area contributed by atoms with Gasteiger partial charge in [-0.2, -0.15) is 5.10 Å². The van der Waals surface area contributed by atoms with Gasteiger partial charge in [0.1, 0.15) is 4.21 Å². The Kier molecular flexibility index (Phi) is 4.49. The van der Waals surface area contributed by atoms with Crippen molar-refractivity contribution in [2.24, 2.45) is 0 Å². The van der Waals surface area contributed by atoms with Crippen LogP contribution in [-0.2, 0) is 10.0 Å². The molecule has 0 saturated heterocycles. The Balaban J connectivity index is 1.94. The molecule has 3 rings (SSSR count). The Morgan fingerprint density at radius 2 is 1.76 bits per heavy atom. The predicted molar refractivity (Wildman–Crippen MR) is 99.6 cm³/mol. The maximum Gasteiger partial charge on any atom is 0.271 e. The summed E-state index contributed by atoms with van der Waals surface area (Å²) in [6.45, 7) is 5.73. The van der Waals surface area contributed by atoms with E-state index in [4.69, 9.17) is 0 Å². The summed E-state index contributed by atoms with van der Waals surface area (Å²) in [4.78, 5) is 11.1. The summed E-state index contributed by atoms with van der Waals surface area (Å²) in [7, 11) is -3.70. The quantitative estimate of drug-likeness (QED) is 0.732. The molecule has 2 heterocycles. The average molecular weight is 375 g/mol. The van der Waals surface area contributed by atoms with Crippen LogP contribution in [0, 0.1) is 20.8 Å². The molecule has 2 aromatic heterocycles. The number of hydrogen-bond donors (Lipinski definition) is 2. The molecule has 0 unspecified atom stereocenters. The minimum Gasteiger partial charge on any atom is -0.278 e. The number of aromatic amines is 1. The van der Waals surface area contributed by atoms with E-state index < -0.39 is 10.0 Å². The number of aromatic nitrogens is 2. The van der Waals surface area contributed by atoms with E-state index in [2.05, 4.69) is 14.9 Å². The normalized spacial score (nSPS) is 11.5. The number of thiophene rings is 1. The highest BCUT2D eigenvalue weighted by Gasteiger charge is 2.20. The molecule has 0 aliphatic rings. The topological polar surface area (TPSA) is 91.9 Å². The summed E-state index contributed by atoms with van der Waals surface area (Å²) >= 11 is 1.11. The van der Waals surface area contributed by atoms with Gasteiger partial charge in [-0.1, -0.05) is 17.7 Å². The first-order valence-electron chi connectivity index (χ1n) is 7.51. The second-order valence-corrected chi connectivity index (χ2v) is 8.66. The zero-order valence-electron chi connectivity index (χ0n) is 14.0. The summed E-state index contributed by atoms with van der Waals surface area (Å²) < 4.78 is 28.3. The molecule has 8 heteroatoms. The predicted octanol–water partition coefficient (Wildman–Crippen LogP) is 3.22. The Labute approximate surface area is 149 Å². The molecule has 0 radical (unpaired) electrons. The lowest BCUT2D eigenvalue weighted by Crippen LogP contribution is -2.13. The van der Waals surface area contributed by atoms with Gasteiger partial charge >= 0.3 is 0 Å². The third kappa shape index (κ3) is 3.64. The highest BCUT2D eigenvalue weighted by atomic mass is 32.2. The van der Waals surface area contributed by atoms with Gasteiger partial charge in [-0.05, 0) is 44.0 Å². The first-order valence-corrected chi connectivity index (χ1v) is 9.88. The summed E-state index contributed by atoms with van der Waals surface area (Å²) in [5.74, 6) is 0. The van der Waals surface area contributed by atoms with Gasteiger partial charge in [0.25, 0.3) is 15.6 Å². The molecule has 0 bridgehead atoms. The largest absolute Gasteiger partial charge is 0.278 e. The molecule has 0 spiro atoms. The Morgan fingerprint density at radius 1 is 1.08 bits per heavy atom. The maximum atomic E-state index is 12.7. The molecule has 1 aromatic carbocycles. The molecule has 25 heavy (non-hydrogen) atoms. The van der Waals surface area contributed by atoms with E-state index in [-0.39, 0.29) is 9.77 Å². The van der Waals surface area contributed by atoms with Crippen molar-refractivity contribution in [3.05, 3.63) is 62.8 Å². The van der Waals surface area contributed by atoms with Crippen LogP contribution in [0.5, 0.6) is 0 Å². The first-order chi connectivity index (χ1) is 11.8. The van der Waals surface area contributed by atoms with Crippen LogP contribution in [0.2, 0.25) is 0 Å². The lowest BCUT2D eigenvalue weighted by molar-refractivity contribution is 0.603. The second-order valence-electron chi connectivity index (χ2n) is 5.84. The van der Waals surface area contributed by atoms with Crippen molar-refractivity contribution in [1.29, 1.82) is 0 Å². The van der Waals surface area contributed by atoms with Crippen LogP contribution in [0.15, 0.2) is 44.7 Å². The average Bonchev–Trinajstić information content (AvgIpc) is 3.02. The number of benzene rings is 1. The number of sulfonamides is 1. The number of nitrogens with zero attached hydrogens (tertiary/aromatic N) is 1. The summed E-state index contributed by atoms with van der Waals surface area (Å²) in [6.07, 6.45) is 0. The minimum atomic E-state index is -3.70. The van der Waals surface area contributed by atoms with Gasteiger partial charge in [-0.15, -0.1) is 11.3 Å². The van der Waals surface area contributed by atoms with E-state index >= 15 is 0 Å². The van der Waals surface area contributed by atoms with Crippen molar-refractivity contribution in [2.75, 3.05) is 4.72 Å². The van der Waals surface area contributed by atoms with Gasteiger partial charge in [0.05, 0.1) is 11.4 Å². The van der Waals surface area contributed by atoms with Gasteiger partial charge in [0.2, 0.25) is 0 Å². The number of aryl methyl sites for hydroxylation is 3. The van der Waals surface area contributed by atoms with E-state index in [0.29, 0.717) is 16.9 Å². The third-order valence-corrected chi connectivity index (χ3v) is 6.52. The molecule has 0 aliphatic carbocycles. The lowest BCUT2D eigenvalue weighted by atomic mass is 10.1. The zero-order chi connectivity index (χ0) is 18.2. The fourth-order valence-corrected chi connectivity index (χ4v) is 5.00. The Bertz CT molecular complexity index is 1050. The molecular formula is C17H17N3O3S2.